The van der Waals surface area contributed by atoms with Crippen molar-refractivity contribution in [3.05, 3.63) is 70.8 Å². The summed E-state index contributed by atoms with van der Waals surface area (Å²) < 4.78 is 28.7. The Bertz CT molecular complexity index is 1330. The normalized spacial score (nSPS) is 19.5. The molecule has 1 aliphatic rings. The van der Waals surface area contributed by atoms with Crippen molar-refractivity contribution in [3.8, 4) is 0 Å². The fourth-order valence-corrected chi connectivity index (χ4v) is 5.41. The number of nitrogens with one attached hydrogen (secondary N) is 2. The van der Waals surface area contributed by atoms with E-state index in [4.69, 9.17) is 11.6 Å². The zero-order valence-corrected chi connectivity index (χ0v) is 20.3. The highest BCUT2D eigenvalue weighted by atomic mass is 35.5. The second kappa shape index (κ2) is 10.1. The van der Waals surface area contributed by atoms with E-state index in [-0.39, 0.29) is 22.9 Å². The van der Waals surface area contributed by atoms with Gasteiger partial charge in [0, 0.05) is 12.5 Å². The smallest absolute Gasteiger partial charge is 0.328 e. The first-order valence-electron chi connectivity index (χ1n) is 11.2. The zero-order valence-electron chi connectivity index (χ0n) is 18.8. The van der Waals surface area contributed by atoms with Crippen molar-refractivity contribution in [2.24, 2.45) is 5.92 Å². The molecule has 0 saturated heterocycles. The molecule has 3 aromatic rings. The Morgan fingerprint density at radius 1 is 1.12 bits per heavy atom. The standard InChI is InChI=1S/C24H27ClN4O4S/c1-16-6-10-18(11-7-16)27-24(31)28-34(32,33)19-12-8-17(9-13-19)14-22(25)29-15-26-21-5-3-2-4-20(21)23(29)30/h2-5,8-9,12-13,15-16,18,22H,6-7,10-11,14H2,1H3,(H2,27,28,31). The Morgan fingerprint density at radius 2 is 1.79 bits per heavy atom. The number of nitrogens with zero attached hydrogens (tertiary/aromatic N) is 2. The molecule has 10 heteroatoms. The molecule has 1 unspecified atom stereocenters. The number of hydrogen-bond acceptors (Lipinski definition) is 5. The predicted molar refractivity (Wildman–Crippen MR) is 131 cm³/mol. The predicted octanol–water partition coefficient (Wildman–Crippen LogP) is 3.94. The van der Waals surface area contributed by atoms with Crippen LogP contribution in [0.15, 0.2) is 64.5 Å². The van der Waals surface area contributed by atoms with Crippen LogP contribution in [-0.4, -0.2) is 30.0 Å². The fourth-order valence-electron chi connectivity index (χ4n) is 4.18. The lowest BCUT2D eigenvalue weighted by Crippen LogP contribution is -2.45. The molecule has 2 aromatic carbocycles. The van der Waals surface area contributed by atoms with Crippen molar-refractivity contribution in [2.45, 2.75) is 55.5 Å². The van der Waals surface area contributed by atoms with E-state index in [2.05, 4.69) is 21.9 Å². The number of sulfonamides is 1. The van der Waals surface area contributed by atoms with Gasteiger partial charge in [-0.3, -0.25) is 9.36 Å². The molecule has 1 aromatic heterocycles. The summed E-state index contributed by atoms with van der Waals surface area (Å²) in [5.74, 6) is 0.632. The lowest BCUT2D eigenvalue weighted by molar-refractivity contribution is 0.233. The molecule has 1 saturated carbocycles. The first kappa shape index (κ1) is 24.2. The molecule has 0 radical (unpaired) electrons. The lowest BCUT2D eigenvalue weighted by atomic mass is 9.87. The molecule has 0 aliphatic heterocycles. The number of alkyl halides is 1. The van der Waals surface area contributed by atoms with E-state index in [1.165, 1.54) is 23.0 Å². The van der Waals surface area contributed by atoms with Crippen LogP contribution in [0.4, 0.5) is 4.79 Å². The van der Waals surface area contributed by atoms with Gasteiger partial charge in [0.1, 0.15) is 5.50 Å². The van der Waals surface area contributed by atoms with Crippen LogP contribution < -0.4 is 15.6 Å². The van der Waals surface area contributed by atoms with Crippen molar-refractivity contribution in [2.75, 3.05) is 0 Å². The number of rotatable bonds is 6. The number of para-hydroxylation sites is 1. The molecule has 0 bridgehead atoms. The Morgan fingerprint density at radius 3 is 2.50 bits per heavy atom. The van der Waals surface area contributed by atoms with Crippen LogP contribution >= 0.6 is 11.6 Å². The molecule has 8 nitrogen and oxygen atoms in total. The number of carbonyl (C=O) groups is 1. The zero-order chi connectivity index (χ0) is 24.3. The fraction of sp³-hybridized carbons (Fsp3) is 0.375. The first-order chi connectivity index (χ1) is 16.2. The van der Waals surface area contributed by atoms with Crippen molar-refractivity contribution in [3.63, 3.8) is 0 Å². The van der Waals surface area contributed by atoms with Crippen molar-refractivity contribution >= 4 is 38.6 Å². The van der Waals surface area contributed by atoms with Gasteiger partial charge < -0.3 is 5.32 Å². The topological polar surface area (TPSA) is 110 Å². The van der Waals surface area contributed by atoms with Gasteiger partial charge in [0.2, 0.25) is 0 Å². The van der Waals surface area contributed by atoms with Crippen LogP contribution in [0.3, 0.4) is 0 Å². The van der Waals surface area contributed by atoms with Crippen LogP contribution in [0.25, 0.3) is 10.9 Å². The molecule has 1 atom stereocenters. The van der Waals surface area contributed by atoms with E-state index < -0.39 is 21.6 Å². The Kier molecular flexibility index (Phi) is 7.23. The van der Waals surface area contributed by atoms with Gasteiger partial charge in [0.05, 0.1) is 22.1 Å². The minimum absolute atomic E-state index is 0.0116. The van der Waals surface area contributed by atoms with Crippen LogP contribution in [0.1, 0.15) is 43.7 Å². The Hall–Kier alpha value is -2.91. The number of aromatic nitrogens is 2. The van der Waals surface area contributed by atoms with Crippen LogP contribution in [0, 0.1) is 5.92 Å². The summed E-state index contributed by atoms with van der Waals surface area (Å²) in [6.07, 6.45) is 5.42. The molecule has 1 aliphatic carbocycles. The number of amides is 2. The second-order valence-corrected chi connectivity index (χ2v) is 11.0. The van der Waals surface area contributed by atoms with E-state index in [1.54, 1.807) is 30.3 Å². The Labute approximate surface area is 203 Å². The third-order valence-corrected chi connectivity index (χ3v) is 7.92. The van der Waals surface area contributed by atoms with E-state index in [0.717, 1.165) is 31.2 Å². The van der Waals surface area contributed by atoms with Crippen molar-refractivity contribution in [1.82, 2.24) is 19.6 Å². The average Bonchev–Trinajstić information content (AvgIpc) is 2.81. The molecule has 2 N–H and O–H groups in total. The van der Waals surface area contributed by atoms with E-state index in [0.29, 0.717) is 16.8 Å². The highest BCUT2D eigenvalue weighted by Gasteiger charge is 2.23. The van der Waals surface area contributed by atoms with Crippen LogP contribution in [-0.2, 0) is 16.4 Å². The number of halogens is 1. The number of urea groups is 1. The van der Waals surface area contributed by atoms with E-state index in [1.807, 2.05) is 6.07 Å². The molecule has 34 heavy (non-hydrogen) atoms. The molecule has 0 spiro atoms. The van der Waals surface area contributed by atoms with Crippen LogP contribution in [0.5, 0.6) is 0 Å². The number of hydrogen-bond donors (Lipinski definition) is 2. The highest BCUT2D eigenvalue weighted by Crippen LogP contribution is 2.23. The number of fused-ring (bicyclic) bond motifs is 1. The van der Waals surface area contributed by atoms with Gasteiger partial charge in [0.25, 0.3) is 15.6 Å². The third-order valence-electron chi connectivity index (χ3n) is 6.21. The minimum Gasteiger partial charge on any atom is -0.335 e. The van der Waals surface area contributed by atoms with Crippen molar-refractivity contribution in [1.29, 1.82) is 0 Å². The van der Waals surface area contributed by atoms with Crippen molar-refractivity contribution < 1.29 is 13.2 Å². The molecule has 1 heterocycles. The monoisotopic (exact) mass is 502 g/mol. The maximum Gasteiger partial charge on any atom is 0.328 e. The molecule has 180 valence electrons. The summed E-state index contributed by atoms with van der Waals surface area (Å²) in [4.78, 5) is 29.2. The summed E-state index contributed by atoms with van der Waals surface area (Å²) in [5.41, 5.74) is 0.387. The van der Waals surface area contributed by atoms with Crippen LogP contribution in [0.2, 0.25) is 0 Å². The molecular formula is C24H27ClN4O4S. The van der Waals surface area contributed by atoms with Gasteiger partial charge in [-0.05, 0) is 61.4 Å². The number of benzene rings is 2. The molecule has 2 amide bonds. The largest absolute Gasteiger partial charge is 0.335 e. The minimum atomic E-state index is -4.01. The summed E-state index contributed by atoms with van der Waals surface area (Å²) in [6, 6.07) is 12.4. The molecular weight excluding hydrogens is 476 g/mol. The quantitative estimate of drug-likeness (QED) is 0.496. The Balaban J connectivity index is 1.40. The number of carbonyl (C=O) groups excluding carboxylic acids is 1. The average molecular weight is 503 g/mol. The molecule has 1 fully saturated rings. The van der Waals surface area contributed by atoms with Gasteiger partial charge in [-0.2, -0.15) is 0 Å². The van der Waals surface area contributed by atoms with Gasteiger partial charge >= 0.3 is 6.03 Å². The SMILES string of the molecule is CC1CCC(NC(=O)NS(=O)(=O)c2ccc(CC(Cl)n3cnc4ccccc4c3=O)cc2)CC1. The first-order valence-corrected chi connectivity index (χ1v) is 13.2. The van der Waals surface area contributed by atoms with E-state index >= 15 is 0 Å². The summed E-state index contributed by atoms with van der Waals surface area (Å²) >= 11 is 6.49. The maximum absolute atomic E-state index is 12.7. The van der Waals surface area contributed by atoms with Gasteiger partial charge in [-0.1, -0.05) is 42.8 Å². The van der Waals surface area contributed by atoms with E-state index in [9.17, 15) is 18.0 Å². The highest BCUT2D eigenvalue weighted by molar-refractivity contribution is 7.90. The van der Waals surface area contributed by atoms with Gasteiger partial charge in [-0.25, -0.2) is 22.9 Å². The second-order valence-electron chi connectivity index (χ2n) is 8.79. The summed E-state index contributed by atoms with van der Waals surface area (Å²) in [7, 11) is -4.01. The summed E-state index contributed by atoms with van der Waals surface area (Å²) in [6.45, 7) is 2.17. The third kappa shape index (κ3) is 5.59. The van der Waals surface area contributed by atoms with Gasteiger partial charge in [-0.15, -0.1) is 0 Å². The maximum atomic E-state index is 12.7. The molecule has 4 rings (SSSR count). The lowest BCUT2D eigenvalue weighted by Gasteiger charge is -2.26. The van der Waals surface area contributed by atoms with Gasteiger partial charge in [0.15, 0.2) is 0 Å². The summed E-state index contributed by atoms with van der Waals surface area (Å²) in [5, 5.41) is 3.23.